The number of likely N-dealkylation sites (tertiary alicyclic amines) is 1. The smallest absolute Gasteiger partial charge is 0.262 e. The zero-order valence-corrected chi connectivity index (χ0v) is 18.7. The van der Waals surface area contributed by atoms with Crippen molar-refractivity contribution >= 4 is 23.1 Å². The number of rotatable bonds is 6. The van der Waals surface area contributed by atoms with E-state index in [9.17, 15) is 9.59 Å². The van der Waals surface area contributed by atoms with Gasteiger partial charge < -0.3 is 25.3 Å². The fourth-order valence-corrected chi connectivity index (χ4v) is 4.10. The Kier molecular flexibility index (Phi) is 6.53. The molecule has 2 aromatic carbocycles. The number of ether oxygens (including phenoxy) is 1. The number of hydrogen-bond acceptors (Lipinski definition) is 6. The van der Waals surface area contributed by atoms with Crippen LogP contribution in [-0.4, -0.2) is 46.7 Å². The maximum Gasteiger partial charge on any atom is 0.262 e. The highest BCUT2D eigenvalue weighted by molar-refractivity contribution is 6.00. The summed E-state index contributed by atoms with van der Waals surface area (Å²) >= 11 is 0. The number of amides is 1. The van der Waals surface area contributed by atoms with Crippen LogP contribution in [0.3, 0.4) is 0 Å². The van der Waals surface area contributed by atoms with Crippen molar-refractivity contribution in [2.24, 2.45) is 0 Å². The number of carbonyl (C=O) groups is 1. The SMILES string of the molecule is COc1cccc(C(=O)N2CCCC(c3nc(Nc4ccccc4)c(C(C)=N)c(=O)[nH]3)C2)c1. The molecule has 3 N–H and O–H groups in total. The van der Waals surface area contributed by atoms with Crippen LogP contribution < -0.4 is 15.6 Å². The Bertz CT molecular complexity index is 1220. The van der Waals surface area contributed by atoms with Gasteiger partial charge in [-0.1, -0.05) is 24.3 Å². The lowest BCUT2D eigenvalue weighted by Crippen LogP contribution is -2.40. The van der Waals surface area contributed by atoms with E-state index >= 15 is 0 Å². The van der Waals surface area contributed by atoms with Gasteiger partial charge in [0.25, 0.3) is 11.5 Å². The summed E-state index contributed by atoms with van der Waals surface area (Å²) < 4.78 is 5.24. The van der Waals surface area contributed by atoms with E-state index in [2.05, 4.69) is 10.3 Å². The minimum absolute atomic E-state index is 0.0736. The summed E-state index contributed by atoms with van der Waals surface area (Å²) in [7, 11) is 1.57. The number of aromatic amines is 1. The zero-order chi connectivity index (χ0) is 23.4. The molecule has 0 aliphatic carbocycles. The molecule has 1 saturated heterocycles. The van der Waals surface area contributed by atoms with Gasteiger partial charge in [-0.25, -0.2) is 4.98 Å². The lowest BCUT2D eigenvalue weighted by molar-refractivity contribution is 0.0704. The van der Waals surface area contributed by atoms with Gasteiger partial charge in [-0.15, -0.1) is 0 Å². The Morgan fingerprint density at radius 3 is 2.73 bits per heavy atom. The Morgan fingerprint density at radius 2 is 2.00 bits per heavy atom. The third-order valence-electron chi connectivity index (χ3n) is 5.76. The molecule has 0 radical (unpaired) electrons. The van der Waals surface area contributed by atoms with Crippen molar-refractivity contribution < 1.29 is 9.53 Å². The molecule has 1 aromatic heterocycles. The third kappa shape index (κ3) is 4.95. The Morgan fingerprint density at radius 1 is 1.21 bits per heavy atom. The molecular formula is C25H27N5O3. The van der Waals surface area contributed by atoms with E-state index in [1.54, 1.807) is 43.2 Å². The molecule has 1 aliphatic heterocycles. The summed E-state index contributed by atoms with van der Waals surface area (Å²) in [5, 5.41) is 11.2. The third-order valence-corrected chi connectivity index (χ3v) is 5.76. The first-order valence-corrected chi connectivity index (χ1v) is 10.9. The van der Waals surface area contributed by atoms with Crippen LogP contribution in [0.5, 0.6) is 5.75 Å². The molecule has 8 nitrogen and oxygen atoms in total. The summed E-state index contributed by atoms with van der Waals surface area (Å²) in [6.07, 6.45) is 1.61. The number of nitrogens with zero attached hydrogens (tertiary/aromatic N) is 2. The number of anilines is 2. The van der Waals surface area contributed by atoms with Crippen molar-refractivity contribution in [2.75, 3.05) is 25.5 Å². The topological polar surface area (TPSA) is 111 Å². The monoisotopic (exact) mass is 445 g/mol. The van der Waals surface area contributed by atoms with Crippen molar-refractivity contribution in [1.29, 1.82) is 5.41 Å². The second-order valence-corrected chi connectivity index (χ2v) is 8.11. The highest BCUT2D eigenvalue weighted by Gasteiger charge is 2.28. The van der Waals surface area contributed by atoms with Crippen molar-refractivity contribution in [3.8, 4) is 5.75 Å². The van der Waals surface area contributed by atoms with Crippen LogP contribution in [-0.2, 0) is 0 Å². The number of carbonyl (C=O) groups excluding carboxylic acids is 1. The molecule has 0 saturated carbocycles. The van der Waals surface area contributed by atoms with E-state index in [0.29, 0.717) is 36.0 Å². The van der Waals surface area contributed by atoms with Gasteiger partial charge in [-0.2, -0.15) is 0 Å². The molecule has 4 rings (SSSR count). The standard InChI is InChI=1S/C25H27N5O3/c1-16(26)21-23(27-19-10-4-3-5-11-19)28-22(29-24(21)31)18-9-7-13-30(15-18)25(32)17-8-6-12-20(14-17)33-2/h3-6,8,10-12,14,18,26H,7,9,13,15H2,1-2H3,(H2,27,28,29,31). The average molecular weight is 446 g/mol. The van der Waals surface area contributed by atoms with Crippen molar-refractivity contribution in [2.45, 2.75) is 25.7 Å². The van der Waals surface area contributed by atoms with Crippen LogP contribution in [0, 0.1) is 5.41 Å². The number of hydrogen-bond donors (Lipinski definition) is 3. The molecule has 170 valence electrons. The summed E-state index contributed by atoms with van der Waals surface area (Å²) in [5.41, 5.74) is 1.33. The maximum absolute atomic E-state index is 13.1. The van der Waals surface area contributed by atoms with Crippen molar-refractivity contribution in [1.82, 2.24) is 14.9 Å². The van der Waals surface area contributed by atoms with Crippen LogP contribution in [0.4, 0.5) is 11.5 Å². The number of piperidine rings is 1. The van der Waals surface area contributed by atoms with E-state index in [1.807, 2.05) is 30.3 Å². The molecule has 1 amide bonds. The molecule has 3 aromatic rings. The average Bonchev–Trinajstić information content (AvgIpc) is 2.83. The molecule has 1 aliphatic rings. The highest BCUT2D eigenvalue weighted by atomic mass is 16.5. The first kappa shape index (κ1) is 22.3. The number of methoxy groups -OCH3 is 1. The minimum atomic E-state index is -0.359. The molecule has 0 spiro atoms. The van der Waals surface area contributed by atoms with Gasteiger partial charge in [-0.3, -0.25) is 9.59 Å². The van der Waals surface area contributed by atoms with Crippen molar-refractivity contribution in [3.63, 3.8) is 0 Å². The summed E-state index contributed by atoms with van der Waals surface area (Å²) in [4.78, 5) is 35.3. The molecule has 8 heteroatoms. The molecule has 1 unspecified atom stereocenters. The van der Waals surface area contributed by atoms with Crippen LogP contribution >= 0.6 is 0 Å². The van der Waals surface area contributed by atoms with Gasteiger partial charge in [0, 0.05) is 36.0 Å². The van der Waals surface area contributed by atoms with Gasteiger partial charge in [0.2, 0.25) is 0 Å². The second-order valence-electron chi connectivity index (χ2n) is 8.11. The number of nitrogens with one attached hydrogen (secondary N) is 3. The molecule has 1 fully saturated rings. The normalized spacial score (nSPS) is 15.7. The van der Waals surface area contributed by atoms with Gasteiger partial charge >= 0.3 is 0 Å². The fraction of sp³-hybridized carbons (Fsp3) is 0.280. The molecule has 0 bridgehead atoms. The predicted molar refractivity (Wildman–Crippen MR) is 128 cm³/mol. The molecule has 1 atom stereocenters. The highest BCUT2D eigenvalue weighted by Crippen LogP contribution is 2.27. The van der Waals surface area contributed by atoms with Gasteiger partial charge in [0.1, 0.15) is 23.0 Å². The first-order chi connectivity index (χ1) is 16.0. The van der Waals surface area contributed by atoms with Crippen LogP contribution in [0.1, 0.15) is 47.4 Å². The summed E-state index contributed by atoms with van der Waals surface area (Å²) in [5.74, 6) is 1.32. The lowest BCUT2D eigenvalue weighted by atomic mass is 9.96. The molecule has 2 heterocycles. The number of H-pyrrole nitrogens is 1. The predicted octanol–water partition coefficient (Wildman–Crippen LogP) is 3.93. The number of benzene rings is 2. The van der Waals surface area contributed by atoms with E-state index < -0.39 is 0 Å². The van der Waals surface area contributed by atoms with Gasteiger partial charge in [-0.05, 0) is 50.1 Å². The number of para-hydroxylation sites is 1. The van der Waals surface area contributed by atoms with Crippen LogP contribution in [0.25, 0.3) is 0 Å². The van der Waals surface area contributed by atoms with Gasteiger partial charge in [0.15, 0.2) is 0 Å². The van der Waals surface area contributed by atoms with Crippen molar-refractivity contribution in [3.05, 3.63) is 81.9 Å². The quantitative estimate of drug-likeness (QED) is 0.498. The minimum Gasteiger partial charge on any atom is -0.497 e. The van der Waals surface area contributed by atoms with Crippen LogP contribution in [0.15, 0.2) is 59.4 Å². The Hall–Kier alpha value is -3.94. The van der Waals surface area contributed by atoms with E-state index in [1.165, 1.54) is 0 Å². The van der Waals surface area contributed by atoms with E-state index in [-0.39, 0.29) is 28.7 Å². The molecule has 33 heavy (non-hydrogen) atoms. The summed E-state index contributed by atoms with van der Waals surface area (Å²) in [6, 6.07) is 16.5. The number of aromatic nitrogens is 2. The lowest BCUT2D eigenvalue weighted by Gasteiger charge is -2.32. The van der Waals surface area contributed by atoms with Gasteiger partial charge in [0.05, 0.1) is 7.11 Å². The molecular weight excluding hydrogens is 418 g/mol. The fourth-order valence-electron chi connectivity index (χ4n) is 4.10. The first-order valence-electron chi connectivity index (χ1n) is 10.9. The van der Waals surface area contributed by atoms with E-state index in [4.69, 9.17) is 15.1 Å². The zero-order valence-electron chi connectivity index (χ0n) is 18.7. The van der Waals surface area contributed by atoms with Crippen LogP contribution in [0.2, 0.25) is 0 Å². The largest absolute Gasteiger partial charge is 0.497 e. The second kappa shape index (κ2) is 9.68. The summed E-state index contributed by atoms with van der Waals surface area (Å²) in [6.45, 7) is 2.66. The maximum atomic E-state index is 13.1. The van der Waals surface area contributed by atoms with E-state index in [0.717, 1.165) is 18.5 Å². The Labute approximate surface area is 192 Å². The Balaban J connectivity index is 1.62.